The van der Waals surface area contributed by atoms with Crippen LogP contribution in [0.15, 0.2) is 18.2 Å². The minimum Gasteiger partial charge on any atom is -0.325 e. The number of anilines is 1. The number of aldehydes is 1. The van der Waals surface area contributed by atoms with Gasteiger partial charge in [0, 0.05) is 24.6 Å². The topological polar surface area (TPSA) is 89.3 Å². The number of rotatable bonds is 3. The van der Waals surface area contributed by atoms with Crippen LogP contribution in [0.5, 0.6) is 0 Å². The van der Waals surface area contributed by atoms with E-state index in [4.69, 9.17) is 0 Å². The molecular formula is C9H8N2O4. The van der Waals surface area contributed by atoms with Crippen LogP contribution >= 0.6 is 0 Å². The average Bonchev–Trinajstić information content (AvgIpc) is 2.16. The molecule has 1 aromatic rings. The Morgan fingerprint density at radius 2 is 2.20 bits per heavy atom. The molecule has 0 saturated heterocycles. The lowest BCUT2D eigenvalue weighted by atomic mass is 10.1. The normalized spacial score (nSPS) is 9.40. The van der Waals surface area contributed by atoms with Gasteiger partial charge >= 0.3 is 0 Å². The summed E-state index contributed by atoms with van der Waals surface area (Å²) >= 11 is 0. The lowest BCUT2D eigenvalue weighted by Crippen LogP contribution is -2.08. The molecule has 78 valence electrons. The summed E-state index contributed by atoms with van der Waals surface area (Å²) in [6, 6.07) is 3.64. The number of carbonyl (C=O) groups excluding carboxylic acids is 2. The van der Waals surface area contributed by atoms with Crippen molar-refractivity contribution in [2.24, 2.45) is 0 Å². The van der Waals surface area contributed by atoms with E-state index in [1.165, 1.54) is 19.1 Å². The zero-order chi connectivity index (χ0) is 11.4. The van der Waals surface area contributed by atoms with Crippen LogP contribution in [-0.4, -0.2) is 17.1 Å². The molecule has 6 heteroatoms. The molecular weight excluding hydrogens is 200 g/mol. The lowest BCUT2D eigenvalue weighted by Gasteiger charge is -2.04. The molecule has 6 nitrogen and oxygen atoms in total. The Balaban J connectivity index is 3.18. The van der Waals surface area contributed by atoms with Crippen LogP contribution < -0.4 is 5.32 Å². The van der Waals surface area contributed by atoms with Gasteiger partial charge in [-0.3, -0.25) is 19.7 Å². The van der Waals surface area contributed by atoms with E-state index in [9.17, 15) is 19.7 Å². The van der Waals surface area contributed by atoms with E-state index in [2.05, 4.69) is 5.32 Å². The van der Waals surface area contributed by atoms with Gasteiger partial charge in [0.2, 0.25) is 5.91 Å². The van der Waals surface area contributed by atoms with Crippen LogP contribution in [-0.2, 0) is 4.79 Å². The van der Waals surface area contributed by atoms with Gasteiger partial charge in [-0.25, -0.2) is 0 Å². The number of carbonyl (C=O) groups is 2. The molecule has 0 aliphatic rings. The molecule has 1 N–H and O–H groups in total. The van der Waals surface area contributed by atoms with Crippen molar-refractivity contribution in [1.82, 2.24) is 0 Å². The van der Waals surface area contributed by atoms with Gasteiger partial charge in [0.15, 0.2) is 6.29 Å². The first-order valence-electron chi connectivity index (χ1n) is 4.06. The predicted octanol–water partition coefficient (Wildman–Crippen LogP) is 1.37. The van der Waals surface area contributed by atoms with Crippen LogP contribution in [0.2, 0.25) is 0 Å². The van der Waals surface area contributed by atoms with E-state index in [-0.39, 0.29) is 16.9 Å². The minimum atomic E-state index is -0.597. The lowest BCUT2D eigenvalue weighted by molar-refractivity contribution is -0.384. The smallest absolute Gasteiger partial charge is 0.271 e. The molecule has 0 aromatic heterocycles. The van der Waals surface area contributed by atoms with Gasteiger partial charge in [0.25, 0.3) is 5.69 Å². The number of non-ortho nitro benzene ring substituents is 1. The molecule has 0 aliphatic heterocycles. The second kappa shape index (κ2) is 4.32. The zero-order valence-corrected chi connectivity index (χ0v) is 7.89. The number of benzene rings is 1. The second-order valence-electron chi connectivity index (χ2n) is 2.83. The maximum Gasteiger partial charge on any atom is 0.271 e. The molecule has 0 fully saturated rings. The largest absolute Gasteiger partial charge is 0.325 e. The van der Waals surface area contributed by atoms with E-state index in [1.54, 1.807) is 0 Å². The summed E-state index contributed by atoms with van der Waals surface area (Å²) in [5, 5.41) is 12.8. The van der Waals surface area contributed by atoms with Gasteiger partial charge in [0.1, 0.15) is 0 Å². The number of nitrogens with one attached hydrogen (secondary N) is 1. The molecule has 0 heterocycles. The number of nitro benzene ring substituents is 1. The molecule has 0 aliphatic carbocycles. The first kappa shape index (κ1) is 10.8. The van der Waals surface area contributed by atoms with Crippen LogP contribution in [0.4, 0.5) is 11.4 Å². The van der Waals surface area contributed by atoms with Gasteiger partial charge in [0.05, 0.1) is 10.6 Å². The molecule has 0 radical (unpaired) electrons. The van der Waals surface area contributed by atoms with Crippen LogP contribution in [0.1, 0.15) is 17.3 Å². The number of amides is 1. The highest BCUT2D eigenvalue weighted by atomic mass is 16.6. The van der Waals surface area contributed by atoms with Crippen molar-refractivity contribution in [2.75, 3.05) is 5.32 Å². The Morgan fingerprint density at radius 3 is 2.67 bits per heavy atom. The SMILES string of the molecule is CC(=O)Nc1cc([N+](=O)[O-])ccc1C=O. The summed E-state index contributed by atoms with van der Waals surface area (Å²) in [4.78, 5) is 31.2. The fraction of sp³-hybridized carbons (Fsp3) is 0.111. The molecule has 0 saturated carbocycles. The van der Waals surface area contributed by atoms with Gasteiger partial charge in [-0.2, -0.15) is 0 Å². The fourth-order valence-electron chi connectivity index (χ4n) is 1.06. The first-order valence-corrected chi connectivity index (χ1v) is 4.06. The number of nitro groups is 1. The fourth-order valence-corrected chi connectivity index (χ4v) is 1.06. The van der Waals surface area contributed by atoms with Crippen molar-refractivity contribution in [3.8, 4) is 0 Å². The zero-order valence-electron chi connectivity index (χ0n) is 7.89. The molecule has 15 heavy (non-hydrogen) atoms. The van der Waals surface area contributed by atoms with Gasteiger partial charge in [-0.15, -0.1) is 0 Å². The second-order valence-corrected chi connectivity index (χ2v) is 2.83. The third-order valence-electron chi connectivity index (χ3n) is 1.69. The van der Waals surface area contributed by atoms with Gasteiger partial charge in [-0.1, -0.05) is 0 Å². The molecule has 0 atom stereocenters. The maximum atomic E-state index is 10.8. The quantitative estimate of drug-likeness (QED) is 0.461. The third kappa shape index (κ3) is 2.60. The van der Waals surface area contributed by atoms with E-state index < -0.39 is 10.8 Å². The standard InChI is InChI=1S/C9H8N2O4/c1-6(13)10-9-4-8(11(14)15)3-2-7(9)5-12/h2-5H,1H3,(H,10,13). The van der Waals surface area contributed by atoms with Crippen molar-refractivity contribution >= 4 is 23.6 Å². The summed E-state index contributed by atoms with van der Waals surface area (Å²) in [7, 11) is 0. The Labute approximate surface area is 85.1 Å². The number of hydrogen-bond donors (Lipinski definition) is 1. The highest BCUT2D eigenvalue weighted by Crippen LogP contribution is 2.21. The average molecular weight is 208 g/mol. The summed E-state index contributed by atoms with van der Waals surface area (Å²) in [6.07, 6.45) is 0.523. The van der Waals surface area contributed by atoms with E-state index in [0.29, 0.717) is 6.29 Å². The van der Waals surface area contributed by atoms with E-state index in [1.807, 2.05) is 0 Å². The highest BCUT2D eigenvalue weighted by molar-refractivity contribution is 5.95. The molecule has 0 bridgehead atoms. The molecule has 1 aromatic carbocycles. The minimum absolute atomic E-state index is 0.145. The summed E-state index contributed by atoms with van der Waals surface area (Å²) < 4.78 is 0. The van der Waals surface area contributed by atoms with Crippen LogP contribution in [0, 0.1) is 10.1 Å². The van der Waals surface area contributed by atoms with Crippen molar-refractivity contribution < 1.29 is 14.5 Å². The van der Waals surface area contributed by atoms with E-state index >= 15 is 0 Å². The van der Waals surface area contributed by atoms with Gasteiger partial charge in [-0.05, 0) is 6.07 Å². The summed E-state index contributed by atoms with van der Waals surface area (Å²) in [6.45, 7) is 1.26. The molecule has 0 spiro atoms. The number of hydrogen-bond acceptors (Lipinski definition) is 4. The number of nitrogens with zero attached hydrogens (tertiary/aromatic N) is 1. The maximum absolute atomic E-state index is 10.8. The van der Waals surface area contributed by atoms with Crippen molar-refractivity contribution in [2.45, 2.75) is 6.92 Å². The van der Waals surface area contributed by atoms with Crippen LogP contribution in [0.3, 0.4) is 0 Å². The molecule has 1 amide bonds. The van der Waals surface area contributed by atoms with Crippen molar-refractivity contribution in [3.05, 3.63) is 33.9 Å². The third-order valence-corrected chi connectivity index (χ3v) is 1.69. The Kier molecular flexibility index (Phi) is 3.12. The van der Waals surface area contributed by atoms with E-state index in [0.717, 1.165) is 6.07 Å². The van der Waals surface area contributed by atoms with Gasteiger partial charge < -0.3 is 5.32 Å². The molecule has 1 rings (SSSR count). The first-order chi connectivity index (χ1) is 7.04. The monoisotopic (exact) mass is 208 g/mol. The Morgan fingerprint density at radius 1 is 1.53 bits per heavy atom. The van der Waals surface area contributed by atoms with Crippen LogP contribution in [0.25, 0.3) is 0 Å². The molecule has 0 unspecified atom stereocenters. The van der Waals surface area contributed by atoms with Crippen molar-refractivity contribution in [3.63, 3.8) is 0 Å². The Bertz CT molecular complexity index is 428. The Hall–Kier alpha value is -2.24. The highest BCUT2D eigenvalue weighted by Gasteiger charge is 2.10. The predicted molar refractivity (Wildman–Crippen MR) is 52.8 cm³/mol. The summed E-state index contributed by atoms with van der Waals surface area (Å²) in [5.74, 6) is -0.390. The summed E-state index contributed by atoms with van der Waals surface area (Å²) in [5.41, 5.74) is 0.173. The van der Waals surface area contributed by atoms with Crippen molar-refractivity contribution in [1.29, 1.82) is 0 Å².